The van der Waals surface area contributed by atoms with Crippen LogP contribution in [0.4, 0.5) is 0 Å². The molecule has 1 aliphatic rings. The van der Waals surface area contributed by atoms with Gasteiger partial charge in [0, 0.05) is 29.7 Å². The molecule has 104 valence electrons. The Balaban J connectivity index is 2.10. The number of halogens is 1. The van der Waals surface area contributed by atoms with Gasteiger partial charge in [0.1, 0.15) is 0 Å². The molecule has 0 aromatic heterocycles. The Bertz CT molecular complexity index is 439. The lowest BCUT2D eigenvalue weighted by atomic mass is 9.94. The van der Waals surface area contributed by atoms with Gasteiger partial charge < -0.3 is 10.0 Å². The van der Waals surface area contributed by atoms with Crippen LogP contribution in [-0.2, 0) is 0 Å². The summed E-state index contributed by atoms with van der Waals surface area (Å²) >= 11 is 3.44. The van der Waals surface area contributed by atoms with Gasteiger partial charge in [0.2, 0.25) is 0 Å². The van der Waals surface area contributed by atoms with Crippen molar-refractivity contribution in [2.24, 2.45) is 5.92 Å². The molecular formula is C15H20BrNO2. The molecule has 0 spiro atoms. The Hall–Kier alpha value is -0.870. The second-order valence-corrected chi connectivity index (χ2v) is 6.20. The number of aliphatic hydroxyl groups excluding tert-OH is 1. The summed E-state index contributed by atoms with van der Waals surface area (Å²) in [6, 6.07) is 5.81. The molecule has 1 atom stereocenters. The number of carbonyl (C=O) groups excluding carboxylic acids is 1. The third-order valence-electron chi connectivity index (χ3n) is 3.63. The predicted molar refractivity (Wildman–Crippen MR) is 79.2 cm³/mol. The van der Waals surface area contributed by atoms with Crippen LogP contribution in [-0.4, -0.2) is 35.6 Å². The van der Waals surface area contributed by atoms with Gasteiger partial charge in [-0.05, 0) is 55.9 Å². The van der Waals surface area contributed by atoms with Crippen molar-refractivity contribution in [3.05, 3.63) is 33.8 Å². The summed E-state index contributed by atoms with van der Waals surface area (Å²) < 4.78 is 0.944. The predicted octanol–water partition coefficient (Wildman–Crippen LogP) is 2.99. The number of aryl methyl sites for hydroxylation is 1. The van der Waals surface area contributed by atoms with Crippen LogP contribution in [0.1, 0.15) is 35.2 Å². The van der Waals surface area contributed by atoms with Crippen LogP contribution in [0, 0.1) is 12.8 Å². The zero-order valence-corrected chi connectivity index (χ0v) is 12.8. The highest BCUT2D eigenvalue weighted by atomic mass is 79.9. The Kier molecular flexibility index (Phi) is 4.99. The average molecular weight is 326 g/mol. The third kappa shape index (κ3) is 3.80. The number of benzene rings is 1. The van der Waals surface area contributed by atoms with Crippen LogP contribution in [0.25, 0.3) is 0 Å². The van der Waals surface area contributed by atoms with E-state index in [1.807, 2.05) is 30.0 Å². The van der Waals surface area contributed by atoms with Crippen LogP contribution in [0.3, 0.4) is 0 Å². The fourth-order valence-electron chi connectivity index (χ4n) is 2.71. The average Bonchev–Trinajstić information content (AvgIpc) is 2.37. The number of likely N-dealkylation sites (tertiary alicyclic amines) is 1. The van der Waals surface area contributed by atoms with E-state index in [0.29, 0.717) is 5.92 Å². The van der Waals surface area contributed by atoms with E-state index in [-0.39, 0.29) is 12.5 Å². The largest absolute Gasteiger partial charge is 0.396 e. The van der Waals surface area contributed by atoms with E-state index in [4.69, 9.17) is 5.11 Å². The molecule has 0 radical (unpaired) electrons. The minimum absolute atomic E-state index is 0.104. The maximum atomic E-state index is 12.5. The normalized spacial score (nSPS) is 19.5. The first kappa shape index (κ1) is 14.5. The van der Waals surface area contributed by atoms with E-state index in [0.717, 1.165) is 48.0 Å². The van der Waals surface area contributed by atoms with Gasteiger partial charge in [0.15, 0.2) is 0 Å². The van der Waals surface area contributed by atoms with Crippen molar-refractivity contribution in [1.82, 2.24) is 4.90 Å². The molecule has 4 heteroatoms. The van der Waals surface area contributed by atoms with E-state index >= 15 is 0 Å². The van der Waals surface area contributed by atoms with Crippen molar-refractivity contribution in [1.29, 1.82) is 0 Å². The minimum Gasteiger partial charge on any atom is -0.396 e. The second-order valence-electron chi connectivity index (χ2n) is 5.29. The number of piperidine rings is 1. The highest BCUT2D eigenvalue weighted by molar-refractivity contribution is 9.10. The molecule has 1 aromatic carbocycles. The molecule has 0 saturated carbocycles. The lowest BCUT2D eigenvalue weighted by Crippen LogP contribution is -2.40. The summed E-state index contributed by atoms with van der Waals surface area (Å²) in [5.41, 5.74) is 1.83. The van der Waals surface area contributed by atoms with Crippen LogP contribution < -0.4 is 0 Å². The summed E-state index contributed by atoms with van der Waals surface area (Å²) in [4.78, 5) is 14.4. The van der Waals surface area contributed by atoms with Gasteiger partial charge in [0.25, 0.3) is 5.91 Å². The van der Waals surface area contributed by atoms with Crippen molar-refractivity contribution in [2.45, 2.75) is 26.2 Å². The zero-order chi connectivity index (χ0) is 13.8. The second kappa shape index (κ2) is 6.53. The summed E-state index contributed by atoms with van der Waals surface area (Å²) in [5.74, 6) is 0.544. The summed E-state index contributed by atoms with van der Waals surface area (Å²) in [6.45, 7) is 3.80. The van der Waals surface area contributed by atoms with Crippen molar-refractivity contribution in [3.8, 4) is 0 Å². The van der Waals surface area contributed by atoms with Gasteiger partial charge in [-0.2, -0.15) is 0 Å². The molecule has 2 rings (SSSR count). The Labute approximate surface area is 122 Å². The van der Waals surface area contributed by atoms with Crippen molar-refractivity contribution in [2.75, 3.05) is 19.7 Å². The maximum absolute atomic E-state index is 12.5. The standard InChI is InChI=1S/C15H20BrNO2/c1-11-7-13(9-14(16)8-11)15(19)17-5-2-3-12(10-17)4-6-18/h7-9,12,18H,2-6,10H2,1H3. The zero-order valence-electron chi connectivity index (χ0n) is 11.2. The molecule has 0 aliphatic carbocycles. The molecular weight excluding hydrogens is 306 g/mol. The molecule has 1 heterocycles. The number of aliphatic hydroxyl groups is 1. The maximum Gasteiger partial charge on any atom is 0.253 e. The van der Waals surface area contributed by atoms with E-state index in [1.165, 1.54) is 0 Å². The topological polar surface area (TPSA) is 40.5 Å². The van der Waals surface area contributed by atoms with Gasteiger partial charge in [-0.25, -0.2) is 0 Å². The molecule has 1 N–H and O–H groups in total. The van der Waals surface area contributed by atoms with E-state index in [1.54, 1.807) is 0 Å². The monoisotopic (exact) mass is 325 g/mol. The number of hydrogen-bond donors (Lipinski definition) is 1. The van der Waals surface area contributed by atoms with E-state index < -0.39 is 0 Å². The van der Waals surface area contributed by atoms with Gasteiger partial charge >= 0.3 is 0 Å². The molecule has 1 saturated heterocycles. The molecule has 0 bridgehead atoms. The number of rotatable bonds is 3. The number of amides is 1. The van der Waals surface area contributed by atoms with E-state index in [9.17, 15) is 4.79 Å². The van der Waals surface area contributed by atoms with Crippen LogP contribution in [0.2, 0.25) is 0 Å². The molecule has 1 aliphatic heterocycles. The SMILES string of the molecule is Cc1cc(Br)cc(C(=O)N2CCCC(CCO)C2)c1. The molecule has 1 aromatic rings. The van der Waals surface area contributed by atoms with Gasteiger partial charge in [-0.1, -0.05) is 15.9 Å². The fourth-order valence-corrected chi connectivity index (χ4v) is 3.32. The molecule has 1 amide bonds. The molecule has 1 unspecified atom stereocenters. The summed E-state index contributed by atoms with van der Waals surface area (Å²) in [7, 11) is 0. The highest BCUT2D eigenvalue weighted by Crippen LogP contribution is 2.22. The third-order valence-corrected chi connectivity index (χ3v) is 4.09. The lowest BCUT2D eigenvalue weighted by Gasteiger charge is -2.32. The fraction of sp³-hybridized carbons (Fsp3) is 0.533. The molecule has 1 fully saturated rings. The van der Waals surface area contributed by atoms with Crippen molar-refractivity contribution >= 4 is 21.8 Å². The smallest absolute Gasteiger partial charge is 0.253 e. The van der Waals surface area contributed by atoms with Crippen molar-refractivity contribution < 1.29 is 9.90 Å². The first-order chi connectivity index (χ1) is 9.10. The number of nitrogens with zero attached hydrogens (tertiary/aromatic N) is 1. The molecule has 3 nitrogen and oxygen atoms in total. The van der Waals surface area contributed by atoms with Gasteiger partial charge in [0.05, 0.1) is 0 Å². The first-order valence-electron chi connectivity index (χ1n) is 6.77. The lowest BCUT2D eigenvalue weighted by molar-refractivity contribution is 0.0653. The van der Waals surface area contributed by atoms with Crippen LogP contribution >= 0.6 is 15.9 Å². The first-order valence-corrected chi connectivity index (χ1v) is 7.57. The van der Waals surface area contributed by atoms with E-state index in [2.05, 4.69) is 15.9 Å². The van der Waals surface area contributed by atoms with Gasteiger partial charge in [-0.3, -0.25) is 4.79 Å². The summed E-state index contributed by atoms with van der Waals surface area (Å²) in [5, 5.41) is 9.02. The van der Waals surface area contributed by atoms with Crippen LogP contribution in [0.15, 0.2) is 22.7 Å². The number of carbonyl (C=O) groups is 1. The summed E-state index contributed by atoms with van der Waals surface area (Å²) in [6.07, 6.45) is 2.94. The quantitative estimate of drug-likeness (QED) is 0.928. The van der Waals surface area contributed by atoms with Crippen molar-refractivity contribution in [3.63, 3.8) is 0 Å². The van der Waals surface area contributed by atoms with Crippen LogP contribution in [0.5, 0.6) is 0 Å². The highest BCUT2D eigenvalue weighted by Gasteiger charge is 2.24. The minimum atomic E-state index is 0.104. The Morgan fingerprint density at radius 2 is 2.26 bits per heavy atom. The Morgan fingerprint density at radius 3 is 2.95 bits per heavy atom. The Morgan fingerprint density at radius 1 is 1.47 bits per heavy atom. The number of hydrogen-bond acceptors (Lipinski definition) is 2. The molecule has 19 heavy (non-hydrogen) atoms. The van der Waals surface area contributed by atoms with Gasteiger partial charge in [-0.15, -0.1) is 0 Å².